The predicted molar refractivity (Wildman–Crippen MR) is 164 cm³/mol. The summed E-state index contributed by atoms with van der Waals surface area (Å²) in [4.78, 5) is 0. The van der Waals surface area contributed by atoms with Crippen LogP contribution in [0.15, 0.2) is 109 Å². The summed E-state index contributed by atoms with van der Waals surface area (Å²) in [5.41, 5.74) is 18.4. The van der Waals surface area contributed by atoms with Crippen LogP contribution in [-0.2, 0) is 12.8 Å². The lowest BCUT2D eigenvalue weighted by Gasteiger charge is -2.05. The van der Waals surface area contributed by atoms with Gasteiger partial charge in [-0.1, -0.05) is 109 Å². The maximum absolute atomic E-state index is 5.65. The van der Waals surface area contributed by atoms with E-state index in [4.69, 9.17) is 11.5 Å². The van der Waals surface area contributed by atoms with Gasteiger partial charge in [0.2, 0.25) is 0 Å². The molecular formula is C35H38N2. The van der Waals surface area contributed by atoms with Gasteiger partial charge < -0.3 is 11.5 Å². The van der Waals surface area contributed by atoms with E-state index in [9.17, 15) is 0 Å². The van der Waals surface area contributed by atoms with Gasteiger partial charge in [-0.25, -0.2) is 0 Å². The molecule has 0 aliphatic carbocycles. The first-order valence-electron chi connectivity index (χ1n) is 13.2. The second-order valence-corrected chi connectivity index (χ2v) is 9.83. The average Bonchev–Trinajstić information content (AvgIpc) is 2.92. The number of hydrogen-bond acceptors (Lipinski definition) is 2. The van der Waals surface area contributed by atoms with Crippen LogP contribution in [0.25, 0.3) is 33.7 Å². The zero-order chi connectivity index (χ0) is 26.0. The lowest BCUT2D eigenvalue weighted by Crippen LogP contribution is -2.00. The molecule has 2 heteroatoms. The van der Waals surface area contributed by atoms with Gasteiger partial charge >= 0.3 is 0 Å². The Morgan fingerprint density at radius 1 is 0.568 bits per heavy atom. The quantitative estimate of drug-likeness (QED) is 0.199. The van der Waals surface area contributed by atoms with Crippen LogP contribution in [0, 0.1) is 0 Å². The van der Waals surface area contributed by atoms with Crippen LogP contribution in [0.4, 0.5) is 0 Å². The Labute approximate surface area is 221 Å². The molecule has 0 fully saturated rings. The molecule has 0 saturated carbocycles. The van der Waals surface area contributed by atoms with Crippen LogP contribution in [0.1, 0.15) is 41.5 Å². The van der Waals surface area contributed by atoms with Crippen LogP contribution in [0.3, 0.4) is 0 Å². The van der Waals surface area contributed by atoms with Crippen molar-refractivity contribution in [3.63, 3.8) is 0 Å². The minimum Gasteiger partial charge on any atom is -0.330 e. The summed E-state index contributed by atoms with van der Waals surface area (Å²) in [5.74, 6) is 0. The fourth-order valence-corrected chi connectivity index (χ4v) is 4.60. The molecule has 0 bridgehead atoms. The van der Waals surface area contributed by atoms with E-state index >= 15 is 0 Å². The van der Waals surface area contributed by atoms with Crippen LogP contribution in [0.5, 0.6) is 0 Å². The lowest BCUT2D eigenvalue weighted by molar-refractivity contribution is 0.833. The van der Waals surface area contributed by atoms with Crippen molar-refractivity contribution >= 4 is 33.7 Å². The van der Waals surface area contributed by atoms with Gasteiger partial charge in [0.05, 0.1) is 0 Å². The average molecular weight is 487 g/mol. The Kier molecular flexibility index (Phi) is 9.26. The molecule has 0 atom stereocenters. The molecule has 4 aromatic carbocycles. The molecule has 0 spiro atoms. The van der Waals surface area contributed by atoms with Crippen molar-refractivity contribution in [3.05, 3.63) is 132 Å². The van der Waals surface area contributed by atoms with Crippen LogP contribution >= 0.6 is 0 Å². The monoisotopic (exact) mass is 486 g/mol. The van der Waals surface area contributed by atoms with Gasteiger partial charge in [-0.05, 0) is 101 Å². The minimum atomic E-state index is 0.730. The van der Waals surface area contributed by atoms with E-state index in [1.165, 1.54) is 43.8 Å². The zero-order valence-electron chi connectivity index (χ0n) is 21.8. The molecule has 37 heavy (non-hydrogen) atoms. The molecule has 0 heterocycles. The summed E-state index contributed by atoms with van der Waals surface area (Å²) in [7, 11) is 0. The number of allylic oxidation sites excluding steroid dienone is 4. The molecule has 2 nitrogen and oxygen atoms in total. The number of fused-ring (bicyclic) bond motifs is 2. The van der Waals surface area contributed by atoms with Gasteiger partial charge in [0.15, 0.2) is 0 Å². The summed E-state index contributed by atoms with van der Waals surface area (Å²) in [6.07, 6.45) is 13.3. The first kappa shape index (κ1) is 26.3. The van der Waals surface area contributed by atoms with Crippen LogP contribution < -0.4 is 11.5 Å². The van der Waals surface area contributed by atoms with Gasteiger partial charge in [-0.3, -0.25) is 0 Å². The van der Waals surface area contributed by atoms with Crippen molar-refractivity contribution < 1.29 is 0 Å². The Hall–Kier alpha value is -3.72. The lowest BCUT2D eigenvalue weighted by atomic mass is 10.0. The Morgan fingerprint density at radius 2 is 0.973 bits per heavy atom. The largest absolute Gasteiger partial charge is 0.330 e. The summed E-state index contributed by atoms with van der Waals surface area (Å²) in [6.45, 7) is 9.94. The van der Waals surface area contributed by atoms with Crippen molar-refractivity contribution in [1.82, 2.24) is 0 Å². The van der Waals surface area contributed by atoms with Crippen molar-refractivity contribution in [2.24, 2.45) is 11.5 Å². The number of rotatable bonds is 12. The molecule has 0 aliphatic rings. The van der Waals surface area contributed by atoms with Crippen LogP contribution in [0.2, 0.25) is 0 Å². The third-order valence-corrected chi connectivity index (χ3v) is 6.67. The van der Waals surface area contributed by atoms with Crippen LogP contribution in [-0.4, -0.2) is 13.1 Å². The maximum atomic E-state index is 5.65. The second kappa shape index (κ2) is 13.0. The maximum Gasteiger partial charge on any atom is -0.00375 e. The topological polar surface area (TPSA) is 52.0 Å². The van der Waals surface area contributed by atoms with E-state index in [1.54, 1.807) is 0 Å². The number of hydrogen-bond donors (Lipinski definition) is 2. The number of aryl methyl sites for hydroxylation is 2. The summed E-state index contributed by atoms with van der Waals surface area (Å²) in [6, 6.07) is 26.5. The highest BCUT2D eigenvalue weighted by Gasteiger charge is 2.00. The molecule has 188 valence electrons. The fraction of sp³-hybridized carbons (Fsp3) is 0.200. The van der Waals surface area contributed by atoms with Gasteiger partial charge in [-0.2, -0.15) is 0 Å². The SMILES string of the molecule is C=C(/C=C/c1ccc2cc(CCCN)ccc2c1)CC(=C)/C=C/c1ccc2cc(CCCN)ccc2c1. The highest BCUT2D eigenvalue weighted by molar-refractivity contribution is 5.86. The van der Waals surface area contributed by atoms with E-state index in [2.05, 4.69) is 110 Å². The molecular weight excluding hydrogens is 448 g/mol. The molecule has 0 radical (unpaired) electrons. The summed E-state index contributed by atoms with van der Waals surface area (Å²) >= 11 is 0. The Morgan fingerprint density at radius 3 is 1.41 bits per heavy atom. The molecule has 4 N–H and O–H groups in total. The summed E-state index contributed by atoms with van der Waals surface area (Å²) in [5, 5.41) is 5.03. The zero-order valence-corrected chi connectivity index (χ0v) is 21.8. The van der Waals surface area contributed by atoms with Gasteiger partial charge in [0.25, 0.3) is 0 Å². The molecule has 0 aliphatic heterocycles. The normalized spacial score (nSPS) is 11.7. The standard InChI is InChI=1S/C35H38N2/c1-26(7-9-30-13-17-32-22-28(5-3-19-36)11-15-34(32)24-30)21-27(2)8-10-31-14-18-33-23-29(6-4-20-37)12-16-35(33)25-31/h7-18,22-25H,1-6,19-21,36-37H2/b9-7+,10-8+. The molecule has 4 rings (SSSR count). The van der Waals surface area contributed by atoms with Crippen molar-refractivity contribution in [2.75, 3.05) is 13.1 Å². The molecule has 0 aromatic heterocycles. The van der Waals surface area contributed by atoms with Gasteiger partial charge in [-0.15, -0.1) is 0 Å². The van der Waals surface area contributed by atoms with Gasteiger partial charge in [0.1, 0.15) is 0 Å². The second-order valence-electron chi connectivity index (χ2n) is 9.83. The first-order valence-corrected chi connectivity index (χ1v) is 13.2. The minimum absolute atomic E-state index is 0.730. The molecule has 0 amide bonds. The number of benzene rings is 4. The Balaban J connectivity index is 1.33. The smallest absolute Gasteiger partial charge is 0.00375 e. The van der Waals surface area contributed by atoms with E-state index in [1.807, 2.05) is 0 Å². The third kappa shape index (κ3) is 7.63. The van der Waals surface area contributed by atoms with E-state index < -0.39 is 0 Å². The predicted octanol–water partition coefficient (Wildman–Crippen LogP) is 8.00. The fourth-order valence-electron chi connectivity index (χ4n) is 4.60. The van der Waals surface area contributed by atoms with Crippen molar-refractivity contribution in [2.45, 2.75) is 32.1 Å². The van der Waals surface area contributed by atoms with Crippen molar-refractivity contribution in [1.29, 1.82) is 0 Å². The molecule has 4 aromatic rings. The van der Waals surface area contributed by atoms with Gasteiger partial charge in [0, 0.05) is 0 Å². The first-order chi connectivity index (χ1) is 18.0. The molecule has 0 saturated heterocycles. The van der Waals surface area contributed by atoms with E-state index in [0.29, 0.717) is 0 Å². The molecule has 0 unspecified atom stereocenters. The number of nitrogens with two attached hydrogens (primary N) is 2. The Bertz CT molecular complexity index is 1340. The van der Waals surface area contributed by atoms with E-state index in [0.717, 1.165) is 56.3 Å². The van der Waals surface area contributed by atoms with E-state index in [-0.39, 0.29) is 0 Å². The highest BCUT2D eigenvalue weighted by Crippen LogP contribution is 2.22. The van der Waals surface area contributed by atoms with Crippen molar-refractivity contribution in [3.8, 4) is 0 Å². The third-order valence-electron chi connectivity index (χ3n) is 6.67. The summed E-state index contributed by atoms with van der Waals surface area (Å²) < 4.78 is 0. The highest BCUT2D eigenvalue weighted by atomic mass is 14.5.